The maximum Gasteiger partial charge on any atom is 0.305 e. The zero-order valence-electron chi connectivity index (χ0n) is 20.8. The number of rotatable bonds is 6. The number of hydrogen-bond donors (Lipinski definition) is 1. The number of aliphatic hydroxyl groups excluding tert-OH is 1. The van der Waals surface area contributed by atoms with E-state index in [0.29, 0.717) is 24.8 Å². The van der Waals surface area contributed by atoms with Crippen LogP contribution in [0.4, 0.5) is 0 Å². The first-order valence-corrected chi connectivity index (χ1v) is 11.7. The molecule has 1 N–H and O–H groups in total. The fourth-order valence-electron chi connectivity index (χ4n) is 6.08. The van der Waals surface area contributed by atoms with E-state index in [0.717, 1.165) is 5.57 Å². The highest BCUT2D eigenvalue weighted by Gasteiger charge is 2.71. The van der Waals surface area contributed by atoms with Gasteiger partial charge in [0.05, 0.1) is 11.5 Å². The quantitative estimate of drug-likeness (QED) is 0.268. The lowest BCUT2D eigenvalue weighted by Gasteiger charge is -2.60. The van der Waals surface area contributed by atoms with Crippen LogP contribution in [0, 0.1) is 22.7 Å². The molecule has 1 heterocycles. The van der Waals surface area contributed by atoms with Crippen molar-refractivity contribution in [1.29, 1.82) is 0 Å². The second-order valence-electron chi connectivity index (χ2n) is 10.0. The van der Waals surface area contributed by atoms with Crippen LogP contribution in [0.1, 0.15) is 60.8 Å². The molecule has 8 heteroatoms. The highest BCUT2D eigenvalue weighted by Crippen LogP contribution is 2.67. The maximum absolute atomic E-state index is 12.1. The van der Waals surface area contributed by atoms with Crippen molar-refractivity contribution < 1.29 is 38.4 Å². The fraction of sp³-hybridized carbons (Fsp3) is 0.654. The van der Waals surface area contributed by atoms with Crippen molar-refractivity contribution in [2.24, 2.45) is 22.7 Å². The first-order chi connectivity index (χ1) is 15.9. The minimum Gasteiger partial charge on any atom is -0.458 e. The number of allylic oxidation sites excluding steroid dienone is 3. The van der Waals surface area contributed by atoms with Gasteiger partial charge in [-0.25, -0.2) is 0 Å². The lowest BCUT2D eigenvalue weighted by atomic mass is 9.45. The molecule has 0 aromatic carbocycles. The Balaban J connectivity index is 2.23. The van der Waals surface area contributed by atoms with E-state index >= 15 is 0 Å². The average Bonchev–Trinajstić information content (AvgIpc) is 3.02. The molecule has 188 valence electrons. The number of ether oxygens (including phenoxy) is 4. The van der Waals surface area contributed by atoms with Crippen LogP contribution in [-0.4, -0.2) is 47.8 Å². The Bertz CT molecular complexity index is 920. The van der Waals surface area contributed by atoms with Crippen LogP contribution in [0.2, 0.25) is 0 Å². The molecular weight excluding hydrogens is 440 g/mol. The molecule has 1 saturated heterocycles. The summed E-state index contributed by atoms with van der Waals surface area (Å²) < 4.78 is 22.7. The Morgan fingerprint density at radius 1 is 1.12 bits per heavy atom. The van der Waals surface area contributed by atoms with Crippen molar-refractivity contribution in [2.45, 2.75) is 85.6 Å². The summed E-state index contributed by atoms with van der Waals surface area (Å²) in [6.45, 7) is 13.9. The molecule has 0 aromatic rings. The largest absolute Gasteiger partial charge is 0.458 e. The summed E-state index contributed by atoms with van der Waals surface area (Å²) in [5, 5.41) is 11.6. The highest BCUT2D eigenvalue weighted by atomic mass is 16.8. The molecule has 3 aliphatic rings. The predicted octanol–water partition coefficient (Wildman–Crippen LogP) is 3.59. The van der Waals surface area contributed by atoms with Crippen molar-refractivity contribution in [3.63, 3.8) is 0 Å². The van der Waals surface area contributed by atoms with E-state index in [4.69, 9.17) is 18.9 Å². The van der Waals surface area contributed by atoms with E-state index in [9.17, 15) is 19.5 Å². The maximum atomic E-state index is 12.1. The summed E-state index contributed by atoms with van der Waals surface area (Å²) in [4.78, 5) is 35.8. The minimum atomic E-state index is -1.17. The van der Waals surface area contributed by atoms with Crippen LogP contribution >= 0.6 is 0 Å². The number of carbonyl (C=O) groups is 3. The van der Waals surface area contributed by atoms with Gasteiger partial charge in [-0.3, -0.25) is 19.1 Å². The Hall–Kier alpha value is -2.45. The van der Waals surface area contributed by atoms with Crippen molar-refractivity contribution >= 4 is 17.9 Å². The summed E-state index contributed by atoms with van der Waals surface area (Å²) in [7, 11) is 0. The second kappa shape index (κ2) is 9.66. The van der Waals surface area contributed by atoms with Gasteiger partial charge in [-0.15, -0.1) is 0 Å². The van der Waals surface area contributed by atoms with Gasteiger partial charge in [-0.1, -0.05) is 38.2 Å². The Morgan fingerprint density at radius 3 is 2.29 bits per heavy atom. The predicted molar refractivity (Wildman–Crippen MR) is 123 cm³/mol. The third-order valence-corrected chi connectivity index (χ3v) is 7.90. The van der Waals surface area contributed by atoms with E-state index < -0.39 is 53.5 Å². The van der Waals surface area contributed by atoms with E-state index in [-0.39, 0.29) is 11.8 Å². The van der Waals surface area contributed by atoms with Crippen LogP contribution in [0.3, 0.4) is 0 Å². The van der Waals surface area contributed by atoms with E-state index in [1.807, 2.05) is 6.92 Å². The second-order valence-corrected chi connectivity index (χ2v) is 10.0. The normalized spacial score (nSPS) is 39.3. The van der Waals surface area contributed by atoms with Gasteiger partial charge in [0, 0.05) is 26.3 Å². The standard InChI is InChI=1S/C26H36O8/c1-8-14(2)9-10-25(7)15(3)11-22(30)26-20(12-19(13-21(25)26)31-16(4)27)23(32-17(5)28)34-24(26)33-18(6)29/h8-9,12,15,19,21-24,30H,1,10-11,13H2,2-7H3/b14-9+/t15-,19-,21+,22+,23+,24+,25-,26?/m1/s1. The number of esters is 3. The number of carbonyl (C=O) groups excluding carboxylic acids is 3. The molecule has 2 fully saturated rings. The molecule has 0 amide bonds. The molecule has 8 nitrogen and oxygen atoms in total. The van der Waals surface area contributed by atoms with E-state index in [2.05, 4.69) is 26.5 Å². The Kier molecular flexibility index (Phi) is 7.43. The fourth-order valence-corrected chi connectivity index (χ4v) is 6.08. The summed E-state index contributed by atoms with van der Waals surface area (Å²) in [5.41, 5.74) is -0.0475. The molecular formula is C26H36O8. The van der Waals surface area contributed by atoms with Crippen molar-refractivity contribution in [3.05, 3.63) is 36.0 Å². The average molecular weight is 477 g/mol. The van der Waals surface area contributed by atoms with Gasteiger partial charge in [0.25, 0.3) is 0 Å². The third-order valence-electron chi connectivity index (χ3n) is 7.90. The zero-order chi connectivity index (χ0) is 25.4. The Labute approximate surface area is 201 Å². The van der Waals surface area contributed by atoms with Crippen molar-refractivity contribution in [1.82, 2.24) is 0 Å². The summed E-state index contributed by atoms with van der Waals surface area (Å²) in [6.07, 6.45) is 3.21. The SMILES string of the molecule is C=C/C(C)=C/C[C@]1(C)[C@H](C)C[C@H](O)C23C(=C[C@@H](OC(C)=O)C[C@H]21)[C@@H](OC(C)=O)O[C@@H]3OC(C)=O. The van der Waals surface area contributed by atoms with Gasteiger partial charge in [-0.05, 0) is 49.5 Å². The molecule has 3 rings (SSSR count). The molecule has 8 atom stereocenters. The summed E-state index contributed by atoms with van der Waals surface area (Å²) in [6, 6.07) is 0. The highest BCUT2D eigenvalue weighted by molar-refractivity contribution is 5.68. The topological polar surface area (TPSA) is 108 Å². The molecule has 2 aliphatic carbocycles. The van der Waals surface area contributed by atoms with Crippen molar-refractivity contribution in [3.8, 4) is 0 Å². The summed E-state index contributed by atoms with van der Waals surface area (Å²) in [5.74, 6) is -1.83. The Morgan fingerprint density at radius 2 is 1.74 bits per heavy atom. The van der Waals surface area contributed by atoms with E-state index in [1.165, 1.54) is 20.8 Å². The van der Waals surface area contributed by atoms with Crippen LogP contribution in [0.5, 0.6) is 0 Å². The molecule has 34 heavy (non-hydrogen) atoms. The zero-order valence-corrected chi connectivity index (χ0v) is 20.8. The van der Waals surface area contributed by atoms with Gasteiger partial charge >= 0.3 is 17.9 Å². The molecule has 1 unspecified atom stereocenters. The molecule has 0 aromatic heterocycles. The van der Waals surface area contributed by atoms with Crippen LogP contribution < -0.4 is 0 Å². The van der Waals surface area contributed by atoms with E-state index in [1.54, 1.807) is 12.2 Å². The van der Waals surface area contributed by atoms with Crippen LogP contribution in [0.15, 0.2) is 36.0 Å². The van der Waals surface area contributed by atoms with Gasteiger partial charge in [-0.2, -0.15) is 0 Å². The van der Waals surface area contributed by atoms with Crippen molar-refractivity contribution in [2.75, 3.05) is 0 Å². The van der Waals surface area contributed by atoms with Gasteiger partial charge in [0.1, 0.15) is 6.10 Å². The lowest BCUT2D eigenvalue weighted by molar-refractivity contribution is -0.253. The number of hydrogen-bond acceptors (Lipinski definition) is 8. The minimum absolute atomic E-state index is 0.0788. The van der Waals surface area contributed by atoms with Gasteiger partial charge < -0.3 is 19.3 Å². The first-order valence-electron chi connectivity index (χ1n) is 11.7. The molecule has 0 radical (unpaired) electrons. The van der Waals surface area contributed by atoms with Crippen LogP contribution in [-0.2, 0) is 33.3 Å². The summed E-state index contributed by atoms with van der Waals surface area (Å²) >= 11 is 0. The molecule has 1 spiro atoms. The first kappa shape index (κ1) is 26.2. The molecule has 1 saturated carbocycles. The monoisotopic (exact) mass is 476 g/mol. The molecule has 1 aliphatic heterocycles. The lowest BCUT2D eigenvalue weighted by Crippen LogP contribution is -2.63. The van der Waals surface area contributed by atoms with Gasteiger partial charge in [0.15, 0.2) is 0 Å². The smallest absolute Gasteiger partial charge is 0.305 e. The van der Waals surface area contributed by atoms with Gasteiger partial charge in [0.2, 0.25) is 12.6 Å². The molecule has 0 bridgehead atoms. The number of aliphatic hydroxyl groups is 1. The van der Waals surface area contributed by atoms with Crippen LogP contribution in [0.25, 0.3) is 0 Å². The third kappa shape index (κ3) is 4.45.